The van der Waals surface area contributed by atoms with Gasteiger partial charge in [-0.25, -0.2) is 0 Å². The van der Waals surface area contributed by atoms with Crippen LogP contribution in [-0.4, -0.2) is 18.0 Å². The molecule has 1 heterocycles. The molecule has 0 radical (unpaired) electrons. The van der Waals surface area contributed by atoms with E-state index in [9.17, 15) is 35.9 Å². The SMILES string of the molecule is CCCCCCC1=C[C@H]2[C@H](C(=O)O[C@@H]2CCCCC)[C@H](C(=O)Nc2cc(C(F)(F)F)cc(C(F)(F)F)c2)C1. The number of fused-ring (bicyclic) bond motifs is 1. The molecule has 0 unspecified atom stereocenters. The quantitative estimate of drug-likeness (QED) is 0.131. The van der Waals surface area contributed by atoms with Gasteiger partial charge in [0.1, 0.15) is 6.10 Å². The second-order valence-corrected chi connectivity index (χ2v) is 10.3. The number of unbranched alkanes of at least 4 members (excludes halogenated alkanes) is 5. The number of halogens is 6. The maximum absolute atomic E-state index is 13.4. The highest BCUT2D eigenvalue weighted by atomic mass is 19.4. The first kappa shape index (κ1) is 30.0. The summed E-state index contributed by atoms with van der Waals surface area (Å²) in [6.45, 7) is 4.14. The molecule has 0 spiro atoms. The summed E-state index contributed by atoms with van der Waals surface area (Å²) in [5.74, 6) is -3.44. The van der Waals surface area contributed by atoms with Crippen LogP contribution < -0.4 is 5.32 Å². The molecule has 2 aliphatic rings. The molecular weight excluding hydrogens is 512 g/mol. The zero-order valence-corrected chi connectivity index (χ0v) is 21.7. The summed E-state index contributed by atoms with van der Waals surface area (Å²) in [7, 11) is 0. The van der Waals surface area contributed by atoms with Crippen molar-refractivity contribution in [1.29, 1.82) is 0 Å². The summed E-state index contributed by atoms with van der Waals surface area (Å²) in [5, 5.41) is 2.26. The van der Waals surface area contributed by atoms with Crippen LogP contribution in [-0.2, 0) is 26.7 Å². The van der Waals surface area contributed by atoms with Gasteiger partial charge in [0.25, 0.3) is 0 Å². The van der Waals surface area contributed by atoms with Crippen molar-refractivity contribution in [2.45, 2.75) is 96.5 Å². The van der Waals surface area contributed by atoms with Gasteiger partial charge >= 0.3 is 18.3 Å². The molecule has 1 saturated heterocycles. The Kier molecular flexibility index (Phi) is 9.92. The van der Waals surface area contributed by atoms with Gasteiger partial charge in [-0.2, -0.15) is 26.3 Å². The van der Waals surface area contributed by atoms with Gasteiger partial charge in [0, 0.05) is 11.6 Å². The first-order valence-corrected chi connectivity index (χ1v) is 13.4. The summed E-state index contributed by atoms with van der Waals surface area (Å²) in [5.41, 5.74) is -2.67. The monoisotopic (exact) mass is 547 g/mol. The van der Waals surface area contributed by atoms with E-state index in [4.69, 9.17) is 4.74 Å². The lowest BCUT2D eigenvalue weighted by Crippen LogP contribution is -2.38. The Bertz CT molecular complexity index is 985. The maximum atomic E-state index is 13.4. The molecular formula is C28H35F6NO3. The number of alkyl halides is 6. The Morgan fingerprint density at radius 3 is 2.11 bits per heavy atom. The fourth-order valence-electron chi connectivity index (χ4n) is 5.42. The van der Waals surface area contributed by atoms with E-state index in [1.54, 1.807) is 0 Å². The minimum Gasteiger partial charge on any atom is -0.461 e. The standard InChI is InChI=1S/C28H35F6NO3/c1-3-5-7-9-10-17-12-21-23(11-8-6-4-2)38-26(37)24(21)22(13-17)25(36)35-20-15-18(27(29,30)31)14-19(16-20)28(32,33)34/h12,14-16,21-24H,3-11,13H2,1-2H3,(H,35,36)/t21-,22-,23-,24+/m1/s1. The van der Waals surface area contributed by atoms with Crippen LogP contribution in [0, 0.1) is 17.8 Å². The van der Waals surface area contributed by atoms with Gasteiger partial charge in [0.05, 0.1) is 23.0 Å². The van der Waals surface area contributed by atoms with Gasteiger partial charge in [0.15, 0.2) is 0 Å². The molecule has 0 bridgehead atoms. The van der Waals surface area contributed by atoms with Crippen LogP contribution in [0.15, 0.2) is 29.8 Å². The minimum atomic E-state index is -5.04. The Morgan fingerprint density at radius 2 is 1.53 bits per heavy atom. The Morgan fingerprint density at radius 1 is 0.921 bits per heavy atom. The topological polar surface area (TPSA) is 55.4 Å². The largest absolute Gasteiger partial charge is 0.461 e. The number of hydrogen-bond acceptors (Lipinski definition) is 3. The number of amides is 1. The Balaban J connectivity index is 1.88. The van der Waals surface area contributed by atoms with Gasteiger partial charge < -0.3 is 10.1 Å². The molecule has 1 N–H and O–H groups in total. The predicted molar refractivity (Wildman–Crippen MR) is 131 cm³/mol. The highest BCUT2D eigenvalue weighted by Gasteiger charge is 2.51. The number of carbonyl (C=O) groups is 2. The molecule has 0 saturated carbocycles. The van der Waals surface area contributed by atoms with Crippen molar-refractivity contribution in [1.82, 2.24) is 0 Å². The van der Waals surface area contributed by atoms with Crippen molar-refractivity contribution in [2.24, 2.45) is 17.8 Å². The van der Waals surface area contributed by atoms with Crippen molar-refractivity contribution in [3.05, 3.63) is 41.0 Å². The molecule has 1 aromatic carbocycles. The number of allylic oxidation sites excluding steroid dienone is 1. The first-order valence-electron chi connectivity index (χ1n) is 13.4. The number of carbonyl (C=O) groups excluding carboxylic acids is 2. The average Bonchev–Trinajstić information content (AvgIpc) is 3.15. The van der Waals surface area contributed by atoms with Crippen LogP contribution in [0.5, 0.6) is 0 Å². The minimum absolute atomic E-state index is 0.0126. The number of hydrogen-bond donors (Lipinski definition) is 1. The van der Waals surface area contributed by atoms with Gasteiger partial charge in [-0.15, -0.1) is 0 Å². The van der Waals surface area contributed by atoms with Gasteiger partial charge in [-0.1, -0.05) is 57.6 Å². The predicted octanol–water partition coefficient (Wildman–Crippen LogP) is 8.32. The molecule has 1 aliphatic heterocycles. The molecule has 4 atom stereocenters. The lowest BCUT2D eigenvalue weighted by molar-refractivity contribution is -0.147. The zero-order chi connectivity index (χ0) is 28.1. The molecule has 4 nitrogen and oxygen atoms in total. The van der Waals surface area contributed by atoms with Crippen molar-refractivity contribution in [3.8, 4) is 0 Å². The summed E-state index contributed by atoms with van der Waals surface area (Å²) in [4.78, 5) is 26.2. The summed E-state index contributed by atoms with van der Waals surface area (Å²) < 4.78 is 85.5. The van der Waals surface area contributed by atoms with E-state index >= 15 is 0 Å². The smallest absolute Gasteiger partial charge is 0.416 e. The van der Waals surface area contributed by atoms with E-state index in [1.165, 1.54) is 0 Å². The Hall–Kier alpha value is -2.52. The Labute approximate surface area is 219 Å². The number of cyclic esters (lactones) is 1. The fraction of sp³-hybridized carbons (Fsp3) is 0.643. The molecule has 38 heavy (non-hydrogen) atoms. The first-order chi connectivity index (χ1) is 17.8. The highest BCUT2D eigenvalue weighted by molar-refractivity contribution is 5.96. The van der Waals surface area contributed by atoms with Gasteiger partial charge in [-0.05, 0) is 50.3 Å². The van der Waals surface area contributed by atoms with E-state index in [2.05, 4.69) is 19.2 Å². The van der Waals surface area contributed by atoms with Gasteiger partial charge in [0.2, 0.25) is 5.91 Å². The second kappa shape index (κ2) is 12.6. The summed E-state index contributed by atoms with van der Waals surface area (Å²) in [6, 6.07) is 0.976. The number of esters is 1. The lowest BCUT2D eigenvalue weighted by atomic mass is 9.70. The zero-order valence-electron chi connectivity index (χ0n) is 21.7. The van der Waals surface area contributed by atoms with Crippen LogP contribution in [0.4, 0.5) is 32.0 Å². The average molecular weight is 548 g/mol. The van der Waals surface area contributed by atoms with Crippen LogP contribution in [0.25, 0.3) is 0 Å². The fourth-order valence-corrected chi connectivity index (χ4v) is 5.42. The third-order valence-corrected chi connectivity index (χ3v) is 7.36. The van der Waals surface area contributed by atoms with Crippen molar-refractivity contribution in [2.75, 3.05) is 5.32 Å². The number of ether oxygens (including phenoxy) is 1. The molecule has 1 aliphatic carbocycles. The van der Waals surface area contributed by atoms with E-state index in [1.807, 2.05) is 6.08 Å². The maximum Gasteiger partial charge on any atom is 0.416 e. The van der Waals surface area contributed by atoms with E-state index in [0.717, 1.165) is 50.5 Å². The van der Waals surface area contributed by atoms with Crippen molar-refractivity contribution in [3.63, 3.8) is 0 Å². The number of benzene rings is 1. The van der Waals surface area contributed by atoms with Crippen molar-refractivity contribution >= 4 is 17.6 Å². The van der Waals surface area contributed by atoms with E-state index in [0.29, 0.717) is 25.0 Å². The van der Waals surface area contributed by atoms with Crippen molar-refractivity contribution < 1.29 is 40.7 Å². The van der Waals surface area contributed by atoms with Crippen LogP contribution in [0.1, 0.15) is 89.2 Å². The molecule has 1 aromatic rings. The molecule has 0 aromatic heterocycles. The van der Waals surface area contributed by atoms with Crippen LogP contribution in [0.2, 0.25) is 0 Å². The molecule has 1 fully saturated rings. The van der Waals surface area contributed by atoms with E-state index in [-0.39, 0.29) is 18.4 Å². The molecule has 3 rings (SSSR count). The summed E-state index contributed by atoms with van der Waals surface area (Å²) >= 11 is 0. The number of rotatable bonds is 11. The van der Waals surface area contributed by atoms with Crippen LogP contribution >= 0.6 is 0 Å². The second-order valence-electron chi connectivity index (χ2n) is 10.3. The molecule has 212 valence electrons. The summed E-state index contributed by atoms with van der Waals surface area (Å²) in [6.07, 6.45) is -0.106. The third kappa shape index (κ3) is 7.53. The van der Waals surface area contributed by atoms with Crippen LogP contribution in [0.3, 0.4) is 0 Å². The number of nitrogens with one attached hydrogen (secondary N) is 1. The van der Waals surface area contributed by atoms with E-state index < -0.39 is 59.0 Å². The molecule has 10 heteroatoms. The number of anilines is 1. The lowest BCUT2D eigenvalue weighted by Gasteiger charge is -2.31. The third-order valence-electron chi connectivity index (χ3n) is 7.36. The molecule has 1 amide bonds. The normalized spacial score (nSPS) is 23.6. The van der Waals surface area contributed by atoms with Gasteiger partial charge in [-0.3, -0.25) is 9.59 Å². The highest BCUT2D eigenvalue weighted by Crippen LogP contribution is 2.45.